The Hall–Kier alpha value is -1.67. The number of hydrogen-bond acceptors (Lipinski definition) is 1. The predicted octanol–water partition coefficient (Wildman–Crippen LogP) is 4.01. The molecule has 1 atom stereocenters. The quantitative estimate of drug-likeness (QED) is 0.887. The van der Waals surface area contributed by atoms with Gasteiger partial charge in [-0.2, -0.15) is 0 Å². The van der Waals surface area contributed by atoms with Crippen LogP contribution in [-0.4, -0.2) is 7.05 Å². The number of nitrogens with one attached hydrogen (secondary N) is 1. The molecule has 0 spiro atoms. The van der Waals surface area contributed by atoms with Gasteiger partial charge in [-0.25, -0.2) is 4.39 Å². The predicted molar refractivity (Wildman–Crippen MR) is 80.4 cm³/mol. The Labute approximate surface area is 119 Å². The fourth-order valence-corrected chi connectivity index (χ4v) is 3.14. The first-order valence-corrected chi connectivity index (χ1v) is 7.32. The van der Waals surface area contributed by atoms with Gasteiger partial charge in [-0.1, -0.05) is 30.3 Å². The van der Waals surface area contributed by atoms with Crippen LogP contribution < -0.4 is 5.32 Å². The van der Waals surface area contributed by atoms with E-state index in [1.165, 1.54) is 48.4 Å². The Morgan fingerprint density at radius 1 is 0.950 bits per heavy atom. The van der Waals surface area contributed by atoms with Crippen molar-refractivity contribution in [2.75, 3.05) is 7.05 Å². The van der Waals surface area contributed by atoms with Crippen LogP contribution in [-0.2, 0) is 12.8 Å². The summed E-state index contributed by atoms with van der Waals surface area (Å²) in [5, 5.41) is 3.30. The molecule has 0 bridgehead atoms. The van der Waals surface area contributed by atoms with Crippen molar-refractivity contribution in [3.8, 4) is 0 Å². The second-order valence-electron chi connectivity index (χ2n) is 5.51. The van der Waals surface area contributed by atoms with E-state index in [-0.39, 0.29) is 11.9 Å². The Morgan fingerprint density at radius 3 is 2.45 bits per heavy atom. The molecule has 0 saturated heterocycles. The van der Waals surface area contributed by atoms with Crippen LogP contribution in [0, 0.1) is 5.82 Å². The summed E-state index contributed by atoms with van der Waals surface area (Å²) in [4.78, 5) is 0. The first-order valence-electron chi connectivity index (χ1n) is 7.32. The average molecular weight is 269 g/mol. The molecule has 0 fully saturated rings. The number of hydrogen-bond donors (Lipinski definition) is 1. The Morgan fingerprint density at radius 2 is 1.70 bits per heavy atom. The molecule has 0 amide bonds. The lowest BCUT2D eigenvalue weighted by atomic mass is 9.88. The molecule has 2 heteroatoms. The van der Waals surface area contributed by atoms with Gasteiger partial charge in [0.15, 0.2) is 0 Å². The van der Waals surface area contributed by atoms with Gasteiger partial charge in [0, 0.05) is 0 Å². The van der Waals surface area contributed by atoms with Gasteiger partial charge in [0.25, 0.3) is 0 Å². The fourth-order valence-electron chi connectivity index (χ4n) is 3.14. The topological polar surface area (TPSA) is 12.0 Å². The van der Waals surface area contributed by atoms with Crippen molar-refractivity contribution in [1.29, 1.82) is 0 Å². The van der Waals surface area contributed by atoms with E-state index in [2.05, 4.69) is 23.5 Å². The van der Waals surface area contributed by atoms with Crippen molar-refractivity contribution in [2.45, 2.75) is 31.7 Å². The standard InChI is InChI=1S/C18H20FN/c1-20-18(15-7-4-8-17(19)12-15)16-10-9-13-5-2-3-6-14(13)11-16/h4,7-12,18,20H,2-3,5-6H2,1H3. The minimum Gasteiger partial charge on any atom is -0.309 e. The minimum atomic E-state index is -0.180. The largest absolute Gasteiger partial charge is 0.309 e. The number of rotatable bonds is 3. The van der Waals surface area contributed by atoms with Gasteiger partial charge < -0.3 is 5.32 Å². The third kappa shape index (κ3) is 2.61. The highest BCUT2D eigenvalue weighted by Crippen LogP contribution is 2.28. The van der Waals surface area contributed by atoms with Crippen molar-refractivity contribution >= 4 is 0 Å². The molecule has 1 N–H and O–H groups in total. The molecular formula is C18H20FN. The maximum Gasteiger partial charge on any atom is 0.123 e. The van der Waals surface area contributed by atoms with E-state index in [0.717, 1.165) is 5.56 Å². The molecule has 0 saturated carbocycles. The van der Waals surface area contributed by atoms with Crippen LogP contribution in [0.4, 0.5) is 4.39 Å². The zero-order chi connectivity index (χ0) is 13.9. The second kappa shape index (κ2) is 5.76. The smallest absolute Gasteiger partial charge is 0.123 e. The Kier molecular flexibility index (Phi) is 3.83. The molecule has 3 rings (SSSR count). The lowest BCUT2D eigenvalue weighted by Crippen LogP contribution is -2.18. The lowest BCUT2D eigenvalue weighted by Gasteiger charge is -2.21. The molecule has 20 heavy (non-hydrogen) atoms. The summed E-state index contributed by atoms with van der Waals surface area (Å²) in [6, 6.07) is 13.6. The second-order valence-corrected chi connectivity index (χ2v) is 5.51. The molecule has 1 nitrogen and oxygen atoms in total. The highest BCUT2D eigenvalue weighted by atomic mass is 19.1. The summed E-state index contributed by atoms with van der Waals surface area (Å²) in [6.45, 7) is 0. The molecule has 0 heterocycles. The lowest BCUT2D eigenvalue weighted by molar-refractivity contribution is 0.616. The highest BCUT2D eigenvalue weighted by Gasteiger charge is 2.16. The van der Waals surface area contributed by atoms with Crippen molar-refractivity contribution < 1.29 is 4.39 Å². The summed E-state index contributed by atoms with van der Waals surface area (Å²) in [6.07, 6.45) is 4.94. The van der Waals surface area contributed by atoms with Crippen molar-refractivity contribution in [2.24, 2.45) is 0 Å². The molecule has 104 valence electrons. The van der Waals surface area contributed by atoms with Crippen LogP contribution >= 0.6 is 0 Å². The van der Waals surface area contributed by atoms with E-state index in [9.17, 15) is 4.39 Å². The molecular weight excluding hydrogens is 249 g/mol. The van der Waals surface area contributed by atoms with Gasteiger partial charge >= 0.3 is 0 Å². The zero-order valence-corrected chi connectivity index (χ0v) is 11.8. The number of halogens is 1. The van der Waals surface area contributed by atoms with Crippen LogP contribution in [0.25, 0.3) is 0 Å². The van der Waals surface area contributed by atoms with Crippen molar-refractivity contribution in [1.82, 2.24) is 5.32 Å². The minimum absolute atomic E-state index is 0.0536. The van der Waals surface area contributed by atoms with Crippen LogP contribution in [0.2, 0.25) is 0 Å². The third-order valence-corrected chi connectivity index (χ3v) is 4.18. The summed E-state index contributed by atoms with van der Waals surface area (Å²) in [5.74, 6) is -0.180. The number of fused-ring (bicyclic) bond motifs is 1. The Balaban J connectivity index is 1.97. The highest BCUT2D eigenvalue weighted by molar-refractivity contribution is 5.39. The summed E-state index contributed by atoms with van der Waals surface area (Å²) < 4.78 is 13.4. The molecule has 1 aliphatic rings. The van der Waals surface area contributed by atoms with E-state index < -0.39 is 0 Å². The summed E-state index contributed by atoms with van der Waals surface area (Å²) in [5.41, 5.74) is 5.14. The van der Waals surface area contributed by atoms with Gasteiger partial charge in [-0.05, 0) is 67.1 Å². The zero-order valence-electron chi connectivity index (χ0n) is 11.8. The van der Waals surface area contributed by atoms with Gasteiger partial charge in [0.1, 0.15) is 5.82 Å². The van der Waals surface area contributed by atoms with Gasteiger partial charge in [-0.3, -0.25) is 0 Å². The molecule has 0 aromatic heterocycles. The molecule has 0 aliphatic heterocycles. The summed E-state index contributed by atoms with van der Waals surface area (Å²) in [7, 11) is 1.93. The molecule has 0 radical (unpaired) electrons. The van der Waals surface area contributed by atoms with Crippen LogP contribution in [0.1, 0.15) is 41.1 Å². The maximum absolute atomic E-state index is 13.4. The van der Waals surface area contributed by atoms with Crippen LogP contribution in [0.15, 0.2) is 42.5 Å². The molecule has 1 aliphatic carbocycles. The van der Waals surface area contributed by atoms with Gasteiger partial charge in [0.05, 0.1) is 6.04 Å². The van der Waals surface area contributed by atoms with Crippen molar-refractivity contribution in [3.63, 3.8) is 0 Å². The van der Waals surface area contributed by atoms with E-state index in [4.69, 9.17) is 0 Å². The van der Waals surface area contributed by atoms with E-state index in [1.54, 1.807) is 12.1 Å². The maximum atomic E-state index is 13.4. The molecule has 1 unspecified atom stereocenters. The number of benzene rings is 2. The average Bonchev–Trinajstić information content (AvgIpc) is 2.48. The van der Waals surface area contributed by atoms with E-state index >= 15 is 0 Å². The first-order chi connectivity index (χ1) is 9.78. The SMILES string of the molecule is CNC(c1cccc(F)c1)c1ccc2c(c1)CCCC2. The van der Waals surface area contributed by atoms with E-state index in [1.807, 2.05) is 13.1 Å². The molecule has 2 aromatic carbocycles. The van der Waals surface area contributed by atoms with E-state index in [0.29, 0.717) is 0 Å². The normalized spacial score (nSPS) is 15.7. The summed E-state index contributed by atoms with van der Waals surface area (Å²) >= 11 is 0. The van der Waals surface area contributed by atoms with Crippen LogP contribution in [0.5, 0.6) is 0 Å². The van der Waals surface area contributed by atoms with Gasteiger partial charge in [0.2, 0.25) is 0 Å². The molecule has 2 aromatic rings. The van der Waals surface area contributed by atoms with Gasteiger partial charge in [-0.15, -0.1) is 0 Å². The third-order valence-electron chi connectivity index (χ3n) is 4.18. The Bertz CT molecular complexity index is 606. The van der Waals surface area contributed by atoms with Crippen molar-refractivity contribution in [3.05, 3.63) is 70.5 Å². The first kappa shape index (κ1) is 13.3. The fraction of sp³-hybridized carbons (Fsp3) is 0.333. The van der Waals surface area contributed by atoms with Crippen LogP contribution in [0.3, 0.4) is 0 Å². The number of aryl methyl sites for hydroxylation is 2. The monoisotopic (exact) mass is 269 g/mol.